The molecule has 1 atom stereocenters. The molecule has 1 aliphatic carbocycles. The normalized spacial score (nSPS) is 30.9. The second-order valence-electron chi connectivity index (χ2n) is 9.50. The van der Waals surface area contributed by atoms with Gasteiger partial charge in [0.25, 0.3) is 0 Å². The minimum absolute atomic E-state index is 0.216. The first-order valence-electron chi connectivity index (χ1n) is 11.7. The van der Waals surface area contributed by atoms with E-state index in [0.717, 1.165) is 63.9 Å². The van der Waals surface area contributed by atoms with Crippen molar-refractivity contribution < 1.29 is 24.2 Å². The Kier molecular flexibility index (Phi) is 5.61. The van der Waals surface area contributed by atoms with Crippen LogP contribution in [-0.4, -0.2) is 79.0 Å². The summed E-state index contributed by atoms with van der Waals surface area (Å²) in [7, 11) is 1.60. The van der Waals surface area contributed by atoms with Gasteiger partial charge in [-0.1, -0.05) is 0 Å². The fraction of sp³-hybridized carbons (Fsp3) is 0.696. The molecule has 1 aromatic rings. The zero-order valence-electron chi connectivity index (χ0n) is 18.7. The standard InChI is InChI=1S/C23H32N4O5/c1-31-19-13-17(27-11-12-32-22(27)30)14-24-20(19)25-9-2-7-23(15-25)8-10-26(21(23)29)16-3-5-18(28)6-4-16/h13-14,16,18,28H,2-12,15H2,1H3/t16-,18+,23?. The van der Waals surface area contributed by atoms with Gasteiger partial charge in [-0.25, -0.2) is 9.78 Å². The van der Waals surface area contributed by atoms with E-state index in [1.54, 1.807) is 18.2 Å². The lowest BCUT2D eigenvalue weighted by atomic mass is 9.78. The summed E-state index contributed by atoms with van der Waals surface area (Å²) in [5.41, 5.74) is 0.278. The number of aromatic nitrogens is 1. The summed E-state index contributed by atoms with van der Waals surface area (Å²) in [5, 5.41) is 9.83. The van der Waals surface area contributed by atoms with E-state index in [4.69, 9.17) is 9.47 Å². The van der Waals surface area contributed by atoms with E-state index in [2.05, 4.69) is 14.8 Å². The topological polar surface area (TPSA) is 95.4 Å². The number of rotatable bonds is 4. The van der Waals surface area contributed by atoms with Gasteiger partial charge in [0.15, 0.2) is 11.6 Å². The number of anilines is 2. The van der Waals surface area contributed by atoms with Crippen molar-refractivity contribution in [1.82, 2.24) is 9.88 Å². The molecule has 0 bridgehead atoms. The third-order valence-corrected chi connectivity index (χ3v) is 7.64. The zero-order chi connectivity index (χ0) is 22.3. The molecule has 1 N–H and O–H groups in total. The van der Waals surface area contributed by atoms with Gasteiger partial charge in [-0.3, -0.25) is 9.69 Å². The number of likely N-dealkylation sites (tertiary alicyclic amines) is 1. The monoisotopic (exact) mass is 444 g/mol. The first-order chi connectivity index (χ1) is 15.5. The second kappa shape index (κ2) is 8.42. The number of cyclic esters (lactones) is 1. The fourth-order valence-electron chi connectivity index (χ4n) is 5.85. The average Bonchev–Trinajstić information content (AvgIpc) is 3.37. The average molecular weight is 445 g/mol. The van der Waals surface area contributed by atoms with Crippen LogP contribution in [0.25, 0.3) is 0 Å². The van der Waals surface area contributed by atoms with Gasteiger partial charge in [0.05, 0.1) is 37.1 Å². The molecule has 32 heavy (non-hydrogen) atoms. The van der Waals surface area contributed by atoms with E-state index >= 15 is 0 Å². The summed E-state index contributed by atoms with van der Waals surface area (Å²) in [6.07, 6.45) is 7.13. The maximum atomic E-state index is 13.6. The number of ether oxygens (including phenoxy) is 2. The van der Waals surface area contributed by atoms with Gasteiger partial charge in [-0.05, 0) is 44.9 Å². The van der Waals surface area contributed by atoms with Crippen LogP contribution >= 0.6 is 0 Å². The van der Waals surface area contributed by atoms with Gasteiger partial charge in [0.1, 0.15) is 6.61 Å². The quantitative estimate of drug-likeness (QED) is 0.760. The van der Waals surface area contributed by atoms with Crippen LogP contribution in [0.4, 0.5) is 16.3 Å². The van der Waals surface area contributed by atoms with Crippen LogP contribution in [0.2, 0.25) is 0 Å². The number of piperidine rings is 1. The second-order valence-corrected chi connectivity index (χ2v) is 9.50. The Morgan fingerprint density at radius 2 is 1.97 bits per heavy atom. The Bertz CT molecular complexity index is 887. The van der Waals surface area contributed by atoms with Crippen LogP contribution in [-0.2, 0) is 9.53 Å². The number of pyridine rings is 1. The molecule has 1 spiro atoms. The number of carbonyl (C=O) groups is 2. The Balaban J connectivity index is 1.34. The number of carbonyl (C=O) groups excluding carboxylic acids is 2. The Morgan fingerprint density at radius 3 is 2.69 bits per heavy atom. The van der Waals surface area contributed by atoms with Crippen molar-refractivity contribution in [2.24, 2.45) is 5.41 Å². The van der Waals surface area contributed by atoms with Crippen LogP contribution < -0.4 is 14.5 Å². The summed E-state index contributed by atoms with van der Waals surface area (Å²) < 4.78 is 10.7. The van der Waals surface area contributed by atoms with Crippen molar-refractivity contribution in [3.63, 3.8) is 0 Å². The molecule has 3 aliphatic heterocycles. The summed E-state index contributed by atoms with van der Waals surface area (Å²) in [4.78, 5) is 36.0. The predicted octanol–water partition coefficient (Wildman–Crippen LogP) is 2.17. The van der Waals surface area contributed by atoms with Gasteiger partial charge in [-0.2, -0.15) is 0 Å². The molecule has 3 saturated heterocycles. The van der Waals surface area contributed by atoms with Crippen molar-refractivity contribution in [3.8, 4) is 5.75 Å². The van der Waals surface area contributed by atoms with E-state index in [-0.39, 0.29) is 29.6 Å². The third kappa shape index (κ3) is 3.66. The molecule has 1 saturated carbocycles. The number of aliphatic hydroxyl groups is 1. The van der Waals surface area contributed by atoms with Crippen molar-refractivity contribution in [2.75, 3.05) is 49.7 Å². The van der Waals surface area contributed by atoms with Gasteiger partial charge < -0.3 is 24.4 Å². The lowest BCUT2D eigenvalue weighted by Gasteiger charge is -2.41. The Morgan fingerprint density at radius 1 is 1.16 bits per heavy atom. The summed E-state index contributed by atoms with van der Waals surface area (Å²) in [6.45, 7) is 3.12. The minimum atomic E-state index is -0.377. The van der Waals surface area contributed by atoms with E-state index in [1.165, 1.54) is 0 Å². The van der Waals surface area contributed by atoms with E-state index in [9.17, 15) is 14.7 Å². The minimum Gasteiger partial charge on any atom is -0.493 e. The van der Waals surface area contributed by atoms with E-state index in [0.29, 0.717) is 31.1 Å². The van der Waals surface area contributed by atoms with Crippen LogP contribution in [0.3, 0.4) is 0 Å². The van der Waals surface area contributed by atoms with Crippen molar-refractivity contribution >= 4 is 23.5 Å². The van der Waals surface area contributed by atoms with Crippen molar-refractivity contribution in [3.05, 3.63) is 12.3 Å². The summed E-state index contributed by atoms with van der Waals surface area (Å²) in [5.74, 6) is 1.58. The lowest BCUT2D eigenvalue weighted by molar-refractivity contribution is -0.139. The highest BCUT2D eigenvalue weighted by Crippen LogP contribution is 2.44. The van der Waals surface area contributed by atoms with Crippen LogP contribution in [0, 0.1) is 5.41 Å². The predicted molar refractivity (Wildman–Crippen MR) is 118 cm³/mol. The van der Waals surface area contributed by atoms with Gasteiger partial charge in [0.2, 0.25) is 5.91 Å². The third-order valence-electron chi connectivity index (χ3n) is 7.64. The Labute approximate surface area is 188 Å². The van der Waals surface area contributed by atoms with Crippen LogP contribution in [0.15, 0.2) is 12.3 Å². The van der Waals surface area contributed by atoms with Gasteiger partial charge in [0, 0.05) is 31.7 Å². The SMILES string of the molecule is COc1cc(N2CCOC2=O)cnc1N1CCCC2(CCN([C@H]3CC[C@@H](O)CC3)C2=O)C1. The first kappa shape index (κ1) is 21.3. The molecule has 4 aliphatic rings. The molecule has 4 fully saturated rings. The molecule has 1 aromatic heterocycles. The van der Waals surface area contributed by atoms with Crippen molar-refractivity contribution in [2.45, 2.75) is 57.1 Å². The highest BCUT2D eigenvalue weighted by molar-refractivity contribution is 5.90. The first-order valence-corrected chi connectivity index (χ1v) is 11.7. The molecule has 5 rings (SSSR count). The van der Waals surface area contributed by atoms with E-state index in [1.807, 2.05) is 6.07 Å². The fourth-order valence-corrected chi connectivity index (χ4v) is 5.85. The van der Waals surface area contributed by atoms with Crippen LogP contribution in [0.5, 0.6) is 5.75 Å². The zero-order valence-corrected chi connectivity index (χ0v) is 18.7. The maximum absolute atomic E-state index is 13.6. The van der Waals surface area contributed by atoms with Crippen LogP contribution in [0.1, 0.15) is 44.9 Å². The number of hydrogen-bond donors (Lipinski definition) is 1. The summed E-state index contributed by atoms with van der Waals surface area (Å²) in [6, 6.07) is 2.08. The number of methoxy groups -OCH3 is 1. The number of amides is 2. The van der Waals surface area contributed by atoms with Gasteiger partial charge >= 0.3 is 6.09 Å². The number of hydrogen-bond acceptors (Lipinski definition) is 7. The number of nitrogens with zero attached hydrogens (tertiary/aromatic N) is 4. The maximum Gasteiger partial charge on any atom is 0.414 e. The summed E-state index contributed by atoms with van der Waals surface area (Å²) >= 11 is 0. The molecule has 4 heterocycles. The molecule has 9 nitrogen and oxygen atoms in total. The van der Waals surface area contributed by atoms with E-state index < -0.39 is 0 Å². The molecule has 9 heteroatoms. The van der Waals surface area contributed by atoms with Crippen molar-refractivity contribution in [1.29, 1.82) is 0 Å². The van der Waals surface area contributed by atoms with Gasteiger partial charge in [-0.15, -0.1) is 0 Å². The number of aliphatic hydroxyl groups excluding tert-OH is 1. The molecule has 0 radical (unpaired) electrons. The molecular formula is C23H32N4O5. The molecule has 174 valence electrons. The molecule has 1 unspecified atom stereocenters. The largest absolute Gasteiger partial charge is 0.493 e. The Hall–Kier alpha value is -2.55. The molecular weight excluding hydrogens is 412 g/mol. The smallest absolute Gasteiger partial charge is 0.414 e. The molecule has 0 aromatic carbocycles. The molecule has 2 amide bonds. The highest BCUT2D eigenvalue weighted by atomic mass is 16.6. The highest BCUT2D eigenvalue weighted by Gasteiger charge is 2.51. The lowest BCUT2D eigenvalue weighted by Crippen LogP contribution is -2.50.